The van der Waals surface area contributed by atoms with Crippen LogP contribution >= 0.6 is 0 Å². The maximum atomic E-state index is 9.63. The summed E-state index contributed by atoms with van der Waals surface area (Å²) in [6.07, 6.45) is 5.44. The summed E-state index contributed by atoms with van der Waals surface area (Å²) in [7, 11) is 1.66. The molecule has 0 aliphatic carbocycles. The Morgan fingerprint density at radius 2 is 1.89 bits per heavy atom. The summed E-state index contributed by atoms with van der Waals surface area (Å²) < 4.78 is 7.17. The average molecular weight is 360 g/mol. The Labute approximate surface area is 157 Å². The van der Waals surface area contributed by atoms with Crippen molar-refractivity contribution in [3.8, 4) is 17.0 Å². The van der Waals surface area contributed by atoms with E-state index in [1.807, 2.05) is 65.3 Å². The van der Waals surface area contributed by atoms with Crippen LogP contribution in [0, 0.1) is 0 Å². The number of nitrogens with zero attached hydrogens (tertiary/aromatic N) is 3. The number of hydrogen-bond acceptors (Lipinski definition) is 5. The van der Waals surface area contributed by atoms with Crippen molar-refractivity contribution in [1.29, 1.82) is 0 Å². The summed E-state index contributed by atoms with van der Waals surface area (Å²) >= 11 is 0. The lowest BCUT2D eigenvalue weighted by Gasteiger charge is -2.10. The third-order valence-electron chi connectivity index (χ3n) is 4.51. The zero-order valence-corrected chi connectivity index (χ0v) is 15.0. The predicted octanol–water partition coefficient (Wildman–Crippen LogP) is 3.51. The molecule has 0 saturated carbocycles. The largest absolute Gasteiger partial charge is 0.497 e. The van der Waals surface area contributed by atoms with E-state index in [4.69, 9.17) is 4.74 Å². The first-order valence-electron chi connectivity index (χ1n) is 8.68. The maximum Gasteiger partial charge on any atom is 0.180 e. The van der Waals surface area contributed by atoms with Crippen molar-refractivity contribution in [3.05, 3.63) is 78.2 Å². The quantitative estimate of drug-likeness (QED) is 0.551. The minimum atomic E-state index is -0.0168. The predicted molar refractivity (Wildman–Crippen MR) is 105 cm³/mol. The molecule has 0 radical (unpaired) electrons. The smallest absolute Gasteiger partial charge is 0.180 e. The lowest BCUT2D eigenvalue weighted by atomic mass is 10.1. The third kappa shape index (κ3) is 3.35. The van der Waals surface area contributed by atoms with Crippen LogP contribution in [0.4, 0.5) is 5.82 Å². The Hall–Kier alpha value is -3.38. The molecular formula is C21H20N4O2. The Kier molecular flexibility index (Phi) is 4.72. The van der Waals surface area contributed by atoms with Gasteiger partial charge >= 0.3 is 0 Å². The van der Waals surface area contributed by atoms with Gasteiger partial charge in [-0.05, 0) is 23.3 Å². The Morgan fingerprint density at radius 3 is 2.67 bits per heavy atom. The van der Waals surface area contributed by atoms with Crippen molar-refractivity contribution in [2.24, 2.45) is 0 Å². The molecule has 0 bridgehead atoms. The Morgan fingerprint density at radius 1 is 1.07 bits per heavy atom. The van der Waals surface area contributed by atoms with E-state index < -0.39 is 0 Å². The molecule has 0 amide bonds. The maximum absolute atomic E-state index is 9.63. The molecule has 4 aromatic rings. The summed E-state index contributed by atoms with van der Waals surface area (Å²) in [5, 5.41) is 13.0. The van der Waals surface area contributed by atoms with E-state index in [-0.39, 0.29) is 6.61 Å². The van der Waals surface area contributed by atoms with Gasteiger partial charge in [0.1, 0.15) is 5.75 Å². The number of nitrogens with one attached hydrogen (secondary N) is 1. The highest BCUT2D eigenvalue weighted by Gasteiger charge is 2.12. The van der Waals surface area contributed by atoms with Crippen LogP contribution in [0.15, 0.2) is 67.1 Å². The number of anilines is 1. The number of ether oxygens (including phenoxy) is 1. The van der Waals surface area contributed by atoms with Crippen LogP contribution < -0.4 is 10.1 Å². The van der Waals surface area contributed by atoms with Crippen LogP contribution in [0.1, 0.15) is 11.1 Å². The fourth-order valence-electron chi connectivity index (χ4n) is 3.08. The second kappa shape index (κ2) is 7.47. The molecule has 2 N–H and O–H groups in total. The van der Waals surface area contributed by atoms with E-state index in [2.05, 4.69) is 15.3 Å². The van der Waals surface area contributed by atoms with Gasteiger partial charge in [0, 0.05) is 24.5 Å². The van der Waals surface area contributed by atoms with Crippen LogP contribution in [-0.4, -0.2) is 26.6 Å². The van der Waals surface area contributed by atoms with Crippen molar-refractivity contribution in [1.82, 2.24) is 14.4 Å². The molecular weight excluding hydrogens is 340 g/mol. The number of aromatic nitrogens is 3. The monoisotopic (exact) mass is 360 g/mol. The van der Waals surface area contributed by atoms with Gasteiger partial charge in [-0.1, -0.05) is 36.4 Å². The van der Waals surface area contributed by atoms with Gasteiger partial charge in [0.2, 0.25) is 0 Å². The SMILES string of the molecule is COc1ccc(CNc2nccn3c(-c4ccccc4CO)cnc23)cc1. The summed E-state index contributed by atoms with van der Waals surface area (Å²) in [6.45, 7) is 0.614. The van der Waals surface area contributed by atoms with E-state index in [0.29, 0.717) is 12.4 Å². The van der Waals surface area contributed by atoms with E-state index in [0.717, 1.165) is 33.8 Å². The van der Waals surface area contributed by atoms with Gasteiger partial charge in [0.05, 0.1) is 25.6 Å². The molecule has 2 heterocycles. The fraction of sp³-hybridized carbons (Fsp3) is 0.143. The molecule has 4 rings (SSSR count). The second-order valence-corrected chi connectivity index (χ2v) is 6.13. The third-order valence-corrected chi connectivity index (χ3v) is 4.51. The first-order valence-corrected chi connectivity index (χ1v) is 8.68. The molecule has 0 fully saturated rings. The standard InChI is InChI=1S/C21H20N4O2/c1-27-17-8-6-15(7-9-17)12-23-20-21-24-13-19(25(21)11-10-22-20)18-5-3-2-4-16(18)14-26/h2-11,13,26H,12,14H2,1H3,(H,22,23). The van der Waals surface area contributed by atoms with Crippen LogP contribution in [0.25, 0.3) is 16.9 Å². The molecule has 2 aromatic carbocycles. The highest BCUT2D eigenvalue weighted by molar-refractivity contribution is 5.72. The molecule has 27 heavy (non-hydrogen) atoms. The van der Waals surface area contributed by atoms with Crippen molar-refractivity contribution in [3.63, 3.8) is 0 Å². The highest BCUT2D eigenvalue weighted by Crippen LogP contribution is 2.26. The lowest BCUT2D eigenvalue weighted by molar-refractivity contribution is 0.282. The normalized spacial score (nSPS) is 10.9. The van der Waals surface area contributed by atoms with Crippen molar-refractivity contribution < 1.29 is 9.84 Å². The molecule has 0 unspecified atom stereocenters. The van der Waals surface area contributed by atoms with Gasteiger partial charge in [-0.15, -0.1) is 0 Å². The zero-order chi connectivity index (χ0) is 18.6. The molecule has 6 heteroatoms. The minimum absolute atomic E-state index is 0.0168. The van der Waals surface area contributed by atoms with Crippen LogP contribution in [0.5, 0.6) is 5.75 Å². The molecule has 0 atom stereocenters. The van der Waals surface area contributed by atoms with Gasteiger partial charge in [-0.3, -0.25) is 4.40 Å². The van der Waals surface area contributed by atoms with Crippen LogP contribution in [0.3, 0.4) is 0 Å². The summed E-state index contributed by atoms with van der Waals surface area (Å²) in [5.74, 6) is 1.54. The first kappa shape index (κ1) is 17.1. The number of fused-ring (bicyclic) bond motifs is 1. The van der Waals surface area contributed by atoms with E-state index in [1.54, 1.807) is 13.3 Å². The van der Waals surface area contributed by atoms with Gasteiger partial charge in [0.15, 0.2) is 11.5 Å². The zero-order valence-electron chi connectivity index (χ0n) is 15.0. The highest BCUT2D eigenvalue weighted by atomic mass is 16.5. The average Bonchev–Trinajstić information content (AvgIpc) is 3.17. The second-order valence-electron chi connectivity index (χ2n) is 6.13. The number of imidazole rings is 1. The van der Waals surface area contributed by atoms with Gasteiger partial charge in [-0.25, -0.2) is 9.97 Å². The van der Waals surface area contributed by atoms with Gasteiger partial charge in [0.25, 0.3) is 0 Å². The fourth-order valence-corrected chi connectivity index (χ4v) is 3.08. The summed E-state index contributed by atoms with van der Waals surface area (Å²) in [4.78, 5) is 8.98. The Balaban J connectivity index is 1.64. The summed E-state index contributed by atoms with van der Waals surface area (Å²) in [6, 6.07) is 15.7. The first-order chi connectivity index (χ1) is 13.3. The molecule has 0 saturated heterocycles. The van der Waals surface area contributed by atoms with Gasteiger partial charge in [-0.2, -0.15) is 0 Å². The van der Waals surface area contributed by atoms with E-state index in [1.165, 1.54) is 0 Å². The molecule has 0 aliphatic rings. The molecule has 0 aliphatic heterocycles. The molecule has 0 spiro atoms. The van der Waals surface area contributed by atoms with Crippen molar-refractivity contribution in [2.45, 2.75) is 13.2 Å². The number of methoxy groups -OCH3 is 1. The van der Waals surface area contributed by atoms with Crippen molar-refractivity contribution >= 4 is 11.5 Å². The van der Waals surface area contributed by atoms with E-state index >= 15 is 0 Å². The van der Waals surface area contributed by atoms with E-state index in [9.17, 15) is 5.11 Å². The number of aliphatic hydroxyl groups excluding tert-OH is 1. The van der Waals surface area contributed by atoms with Crippen LogP contribution in [-0.2, 0) is 13.2 Å². The Bertz CT molecular complexity index is 1060. The van der Waals surface area contributed by atoms with Gasteiger partial charge < -0.3 is 15.2 Å². The minimum Gasteiger partial charge on any atom is -0.497 e. The molecule has 136 valence electrons. The molecule has 6 nitrogen and oxygen atoms in total. The summed E-state index contributed by atoms with van der Waals surface area (Å²) in [5.41, 5.74) is 4.61. The molecule has 2 aromatic heterocycles. The number of aliphatic hydroxyl groups is 1. The van der Waals surface area contributed by atoms with Crippen molar-refractivity contribution in [2.75, 3.05) is 12.4 Å². The van der Waals surface area contributed by atoms with Crippen LogP contribution in [0.2, 0.25) is 0 Å². The number of hydrogen-bond donors (Lipinski definition) is 2. The number of benzene rings is 2. The number of rotatable bonds is 6. The topological polar surface area (TPSA) is 71.7 Å². The lowest BCUT2D eigenvalue weighted by Crippen LogP contribution is -2.04.